The zero-order valence-electron chi connectivity index (χ0n) is 12.0. The highest BCUT2D eigenvalue weighted by molar-refractivity contribution is 9.10. The van der Waals surface area contributed by atoms with Gasteiger partial charge in [0.25, 0.3) is 0 Å². The first-order valence-electron chi connectivity index (χ1n) is 6.89. The van der Waals surface area contributed by atoms with Crippen LogP contribution in [0.15, 0.2) is 22.7 Å². The second kappa shape index (κ2) is 7.52. The molecule has 1 saturated heterocycles. The van der Waals surface area contributed by atoms with Crippen molar-refractivity contribution in [3.8, 4) is 0 Å². The summed E-state index contributed by atoms with van der Waals surface area (Å²) in [5, 5.41) is 5.47. The van der Waals surface area contributed by atoms with Crippen LogP contribution >= 0.6 is 39.5 Å². The Hall–Kier alpha value is 0.290. The molecule has 1 N–H and O–H groups in total. The van der Waals surface area contributed by atoms with Crippen molar-refractivity contribution in [2.45, 2.75) is 42.1 Å². The van der Waals surface area contributed by atoms with Gasteiger partial charge in [0.05, 0.1) is 0 Å². The largest absolute Gasteiger partial charge is 0.316 e. The fourth-order valence-corrected chi connectivity index (χ4v) is 6.04. The molecule has 1 heterocycles. The Morgan fingerprint density at radius 1 is 1.40 bits per heavy atom. The summed E-state index contributed by atoms with van der Waals surface area (Å²) in [6, 6.07) is 5.40. The Kier molecular flexibility index (Phi) is 6.26. The van der Waals surface area contributed by atoms with Gasteiger partial charge in [-0.3, -0.25) is 0 Å². The summed E-state index contributed by atoms with van der Waals surface area (Å²) in [6.07, 6.45) is 0.927. The van der Waals surface area contributed by atoms with E-state index in [1.54, 1.807) is 12.1 Å². The second-order valence-corrected chi connectivity index (χ2v) is 9.14. The first-order valence-corrected chi connectivity index (χ1v) is 9.68. The van der Waals surface area contributed by atoms with E-state index in [1.807, 2.05) is 13.1 Å². The van der Waals surface area contributed by atoms with Crippen LogP contribution in [-0.4, -0.2) is 34.6 Å². The van der Waals surface area contributed by atoms with Crippen LogP contribution in [0.4, 0.5) is 4.39 Å². The lowest BCUT2D eigenvalue weighted by atomic mass is 10.0. The van der Waals surface area contributed by atoms with Gasteiger partial charge < -0.3 is 5.32 Å². The zero-order valence-corrected chi connectivity index (χ0v) is 15.2. The van der Waals surface area contributed by atoms with Crippen LogP contribution in [-0.2, 0) is 6.42 Å². The normalized spacial score (nSPS) is 28.4. The SMILES string of the molecule is CNC(Cc1ccc(F)cc1Br)C1CSC(C)C(C)S1. The lowest BCUT2D eigenvalue weighted by molar-refractivity contribution is 0.552. The summed E-state index contributed by atoms with van der Waals surface area (Å²) in [5.41, 5.74) is 1.17. The average molecular weight is 378 g/mol. The number of benzene rings is 1. The van der Waals surface area contributed by atoms with Gasteiger partial charge in [-0.05, 0) is 31.2 Å². The molecule has 4 atom stereocenters. The van der Waals surface area contributed by atoms with Crippen molar-refractivity contribution in [3.63, 3.8) is 0 Å². The quantitative estimate of drug-likeness (QED) is 0.837. The molecule has 112 valence electrons. The summed E-state index contributed by atoms with van der Waals surface area (Å²) in [4.78, 5) is 0. The third-order valence-electron chi connectivity index (χ3n) is 3.85. The van der Waals surface area contributed by atoms with Crippen LogP contribution in [0.1, 0.15) is 19.4 Å². The summed E-state index contributed by atoms with van der Waals surface area (Å²) < 4.78 is 14.0. The van der Waals surface area contributed by atoms with Crippen molar-refractivity contribution >= 4 is 39.5 Å². The molecule has 0 radical (unpaired) electrons. The topological polar surface area (TPSA) is 12.0 Å². The molecule has 0 saturated carbocycles. The van der Waals surface area contributed by atoms with Crippen molar-refractivity contribution in [2.24, 2.45) is 0 Å². The molecule has 20 heavy (non-hydrogen) atoms. The Morgan fingerprint density at radius 3 is 2.75 bits per heavy atom. The third-order valence-corrected chi connectivity index (χ3v) is 8.14. The Labute approximate surface area is 138 Å². The van der Waals surface area contributed by atoms with Crippen LogP contribution in [0.3, 0.4) is 0 Å². The van der Waals surface area contributed by atoms with Crippen LogP contribution < -0.4 is 5.32 Å². The summed E-state index contributed by atoms with van der Waals surface area (Å²) in [6.45, 7) is 4.62. The molecule has 0 spiro atoms. The smallest absolute Gasteiger partial charge is 0.124 e. The summed E-state index contributed by atoms with van der Waals surface area (Å²) in [5.74, 6) is 0.993. The molecule has 1 fully saturated rings. The van der Waals surface area contributed by atoms with Crippen LogP contribution in [0.5, 0.6) is 0 Å². The van der Waals surface area contributed by atoms with Crippen LogP contribution in [0.25, 0.3) is 0 Å². The molecule has 0 amide bonds. The van der Waals surface area contributed by atoms with Crippen molar-refractivity contribution in [3.05, 3.63) is 34.1 Å². The highest BCUT2D eigenvalue weighted by atomic mass is 79.9. The maximum Gasteiger partial charge on any atom is 0.124 e. The molecule has 1 aliphatic heterocycles. The van der Waals surface area contributed by atoms with Gasteiger partial charge in [-0.2, -0.15) is 23.5 Å². The van der Waals surface area contributed by atoms with Gasteiger partial charge in [0, 0.05) is 32.0 Å². The zero-order chi connectivity index (χ0) is 14.7. The molecule has 0 aliphatic carbocycles. The predicted octanol–water partition coefficient (Wildman–Crippen LogP) is 4.34. The minimum atomic E-state index is -0.188. The molecule has 1 aromatic rings. The number of halogens is 2. The van der Waals surface area contributed by atoms with E-state index in [4.69, 9.17) is 0 Å². The van der Waals surface area contributed by atoms with E-state index in [0.717, 1.165) is 16.1 Å². The summed E-state index contributed by atoms with van der Waals surface area (Å²) in [7, 11) is 2.02. The van der Waals surface area contributed by atoms with Crippen LogP contribution in [0.2, 0.25) is 0 Å². The van der Waals surface area contributed by atoms with Gasteiger partial charge >= 0.3 is 0 Å². The van der Waals surface area contributed by atoms with Gasteiger partial charge in [0.1, 0.15) is 5.82 Å². The highest BCUT2D eigenvalue weighted by Gasteiger charge is 2.30. The monoisotopic (exact) mass is 377 g/mol. The molecule has 2 rings (SSSR count). The molecular weight excluding hydrogens is 357 g/mol. The maximum atomic E-state index is 13.2. The number of nitrogens with one attached hydrogen (secondary N) is 1. The van der Waals surface area contributed by atoms with E-state index in [0.29, 0.717) is 16.5 Å². The van der Waals surface area contributed by atoms with E-state index in [2.05, 4.69) is 58.6 Å². The Bertz CT molecular complexity index is 457. The highest BCUT2D eigenvalue weighted by Crippen LogP contribution is 2.37. The minimum Gasteiger partial charge on any atom is -0.316 e. The fraction of sp³-hybridized carbons (Fsp3) is 0.600. The standard InChI is InChI=1S/C15H21BrFNS2/c1-9-10(2)20-15(8-19-9)14(18-3)6-11-4-5-12(17)7-13(11)16/h4-5,7,9-10,14-15,18H,6,8H2,1-3H3. The van der Waals surface area contributed by atoms with Crippen LogP contribution in [0, 0.1) is 5.82 Å². The molecule has 1 nitrogen and oxygen atoms in total. The van der Waals surface area contributed by atoms with E-state index in [1.165, 1.54) is 11.3 Å². The van der Waals surface area contributed by atoms with Gasteiger partial charge in [-0.15, -0.1) is 0 Å². The lowest BCUT2D eigenvalue weighted by Gasteiger charge is -2.36. The van der Waals surface area contributed by atoms with E-state index in [-0.39, 0.29) is 5.82 Å². The summed E-state index contributed by atoms with van der Waals surface area (Å²) >= 11 is 7.62. The molecule has 5 heteroatoms. The number of hydrogen-bond donors (Lipinski definition) is 1. The third kappa shape index (κ3) is 4.15. The van der Waals surface area contributed by atoms with E-state index >= 15 is 0 Å². The van der Waals surface area contributed by atoms with Crippen molar-refractivity contribution < 1.29 is 4.39 Å². The van der Waals surface area contributed by atoms with Crippen molar-refractivity contribution in [1.82, 2.24) is 5.32 Å². The molecule has 0 aromatic heterocycles. The van der Waals surface area contributed by atoms with E-state index in [9.17, 15) is 4.39 Å². The second-order valence-electron chi connectivity index (χ2n) is 5.25. The molecule has 4 unspecified atom stereocenters. The number of rotatable bonds is 4. The van der Waals surface area contributed by atoms with E-state index < -0.39 is 0 Å². The van der Waals surface area contributed by atoms with Gasteiger partial charge in [0.15, 0.2) is 0 Å². The Morgan fingerprint density at radius 2 is 2.15 bits per heavy atom. The van der Waals surface area contributed by atoms with Gasteiger partial charge in [-0.1, -0.05) is 35.8 Å². The fourth-order valence-electron chi connectivity index (χ4n) is 2.36. The first-order chi connectivity index (χ1) is 9.51. The van der Waals surface area contributed by atoms with Crippen molar-refractivity contribution in [2.75, 3.05) is 12.8 Å². The number of likely N-dealkylation sites (N-methyl/N-ethyl adjacent to an activating group) is 1. The van der Waals surface area contributed by atoms with Gasteiger partial charge in [-0.25, -0.2) is 4.39 Å². The maximum absolute atomic E-state index is 13.2. The lowest BCUT2D eigenvalue weighted by Crippen LogP contribution is -2.43. The predicted molar refractivity (Wildman–Crippen MR) is 93.4 cm³/mol. The molecule has 0 bridgehead atoms. The molecular formula is C15H21BrFNS2. The first kappa shape index (κ1) is 16.7. The van der Waals surface area contributed by atoms with Gasteiger partial charge in [0.2, 0.25) is 0 Å². The van der Waals surface area contributed by atoms with Crippen molar-refractivity contribution in [1.29, 1.82) is 0 Å². The Balaban J connectivity index is 2.05. The number of hydrogen-bond acceptors (Lipinski definition) is 3. The number of thioether (sulfide) groups is 2. The average Bonchev–Trinajstić information content (AvgIpc) is 2.41. The molecule has 1 aliphatic rings. The minimum absolute atomic E-state index is 0.188. The molecule has 1 aromatic carbocycles.